The molecule has 4 rings (SSSR count). The van der Waals surface area contributed by atoms with Crippen molar-refractivity contribution in [3.05, 3.63) is 48.5 Å². The lowest BCUT2D eigenvalue weighted by molar-refractivity contribution is -0.113. The van der Waals surface area contributed by atoms with E-state index in [-0.39, 0.29) is 11.7 Å². The number of rotatable bonds is 7. The summed E-state index contributed by atoms with van der Waals surface area (Å²) in [5.74, 6) is 1.26. The van der Waals surface area contributed by atoms with Crippen LogP contribution in [-0.4, -0.2) is 42.1 Å². The Hall–Kier alpha value is -3.00. The van der Waals surface area contributed by atoms with E-state index < -0.39 is 0 Å². The number of methoxy groups -OCH3 is 1. The lowest BCUT2D eigenvalue weighted by Gasteiger charge is -2.30. The third kappa shape index (κ3) is 4.94. The molecule has 1 amide bonds. The SMILES string of the molecule is COc1ccc(-c2nnc(SCC(=O)Nc3ccccc3N3CCCCC3)o2)cc1. The van der Waals surface area contributed by atoms with Gasteiger partial charge in [-0.05, 0) is 55.7 Å². The van der Waals surface area contributed by atoms with Crippen LogP contribution in [-0.2, 0) is 4.79 Å². The number of nitrogens with zero attached hydrogens (tertiary/aromatic N) is 3. The highest BCUT2D eigenvalue weighted by Gasteiger charge is 2.16. The van der Waals surface area contributed by atoms with Gasteiger partial charge in [0.2, 0.25) is 11.8 Å². The van der Waals surface area contributed by atoms with E-state index in [4.69, 9.17) is 9.15 Å². The zero-order valence-corrected chi connectivity index (χ0v) is 17.7. The number of thioether (sulfide) groups is 1. The molecule has 0 unspecified atom stereocenters. The molecule has 7 nitrogen and oxygen atoms in total. The van der Waals surface area contributed by atoms with Crippen LogP contribution in [0.3, 0.4) is 0 Å². The van der Waals surface area contributed by atoms with E-state index in [1.165, 1.54) is 31.0 Å². The zero-order valence-electron chi connectivity index (χ0n) is 16.8. The van der Waals surface area contributed by atoms with Gasteiger partial charge in [-0.15, -0.1) is 10.2 Å². The molecule has 1 aromatic heterocycles. The predicted molar refractivity (Wildman–Crippen MR) is 118 cm³/mol. The minimum Gasteiger partial charge on any atom is -0.497 e. The first-order valence-electron chi connectivity index (χ1n) is 9.97. The van der Waals surface area contributed by atoms with Gasteiger partial charge in [0.25, 0.3) is 5.22 Å². The van der Waals surface area contributed by atoms with Crippen molar-refractivity contribution in [2.75, 3.05) is 36.2 Å². The van der Waals surface area contributed by atoms with Crippen LogP contribution >= 0.6 is 11.8 Å². The van der Waals surface area contributed by atoms with Crippen LogP contribution in [0.4, 0.5) is 11.4 Å². The van der Waals surface area contributed by atoms with Crippen LogP contribution in [0.2, 0.25) is 0 Å². The summed E-state index contributed by atoms with van der Waals surface area (Å²) < 4.78 is 10.8. The minimum absolute atomic E-state index is 0.103. The fourth-order valence-corrected chi connectivity index (χ4v) is 3.98. The van der Waals surface area contributed by atoms with Gasteiger partial charge >= 0.3 is 0 Å². The topological polar surface area (TPSA) is 80.5 Å². The maximum atomic E-state index is 12.5. The number of anilines is 2. The first kappa shape index (κ1) is 20.3. The summed E-state index contributed by atoms with van der Waals surface area (Å²) in [6, 6.07) is 15.3. The molecule has 3 aromatic rings. The average Bonchev–Trinajstić information content (AvgIpc) is 3.28. The standard InChI is InChI=1S/C22H24N4O3S/c1-28-17-11-9-16(10-12-17)21-24-25-22(29-21)30-15-20(27)23-18-7-3-4-8-19(18)26-13-5-2-6-14-26/h3-4,7-12H,2,5-6,13-15H2,1H3,(H,23,27). The monoisotopic (exact) mass is 424 g/mol. The molecule has 156 valence electrons. The molecule has 2 heterocycles. The highest BCUT2D eigenvalue weighted by molar-refractivity contribution is 7.99. The van der Waals surface area contributed by atoms with Crippen molar-refractivity contribution >= 4 is 29.0 Å². The molecule has 2 aromatic carbocycles. The Labute approximate surface area is 179 Å². The summed E-state index contributed by atoms with van der Waals surface area (Å²) >= 11 is 1.22. The van der Waals surface area contributed by atoms with Gasteiger partial charge in [-0.1, -0.05) is 23.9 Å². The van der Waals surface area contributed by atoms with Gasteiger partial charge in [0, 0.05) is 18.7 Å². The fraction of sp³-hybridized carbons (Fsp3) is 0.318. The van der Waals surface area contributed by atoms with Crippen molar-refractivity contribution in [2.24, 2.45) is 0 Å². The molecular formula is C22H24N4O3S. The van der Waals surface area contributed by atoms with E-state index in [0.29, 0.717) is 11.1 Å². The zero-order chi connectivity index (χ0) is 20.8. The normalized spacial score (nSPS) is 13.8. The molecule has 0 bridgehead atoms. The molecule has 0 aliphatic carbocycles. The third-order valence-corrected chi connectivity index (χ3v) is 5.76. The summed E-state index contributed by atoms with van der Waals surface area (Å²) in [6.07, 6.45) is 3.64. The van der Waals surface area contributed by atoms with E-state index in [2.05, 4.69) is 26.5 Å². The second-order valence-corrected chi connectivity index (χ2v) is 7.93. The highest BCUT2D eigenvalue weighted by Crippen LogP contribution is 2.29. The maximum Gasteiger partial charge on any atom is 0.277 e. The van der Waals surface area contributed by atoms with Gasteiger partial charge in [-0.25, -0.2) is 0 Å². The van der Waals surface area contributed by atoms with Crippen molar-refractivity contribution < 1.29 is 13.9 Å². The number of benzene rings is 2. The molecule has 1 saturated heterocycles. The summed E-state index contributed by atoms with van der Waals surface area (Å²) in [5.41, 5.74) is 2.72. The molecule has 0 spiro atoms. The van der Waals surface area contributed by atoms with Gasteiger partial charge in [0.15, 0.2) is 0 Å². The molecule has 1 aliphatic heterocycles. The van der Waals surface area contributed by atoms with E-state index >= 15 is 0 Å². The molecule has 1 aliphatic rings. The van der Waals surface area contributed by atoms with Crippen LogP contribution in [0, 0.1) is 0 Å². The lowest BCUT2D eigenvalue weighted by Crippen LogP contribution is -2.30. The number of para-hydroxylation sites is 2. The summed E-state index contributed by atoms with van der Waals surface area (Å²) in [4.78, 5) is 14.9. The smallest absolute Gasteiger partial charge is 0.277 e. The fourth-order valence-electron chi connectivity index (χ4n) is 3.42. The van der Waals surface area contributed by atoms with Gasteiger partial charge in [-0.2, -0.15) is 0 Å². The molecule has 0 saturated carbocycles. The lowest BCUT2D eigenvalue weighted by atomic mass is 10.1. The molecule has 1 N–H and O–H groups in total. The van der Waals surface area contributed by atoms with Crippen molar-refractivity contribution in [1.29, 1.82) is 0 Å². The number of carbonyl (C=O) groups excluding carboxylic acids is 1. The Morgan fingerprint density at radius 3 is 2.63 bits per heavy atom. The Bertz CT molecular complexity index is 984. The summed E-state index contributed by atoms with van der Waals surface area (Å²) in [5, 5.41) is 11.5. The van der Waals surface area contributed by atoms with Crippen molar-refractivity contribution in [3.63, 3.8) is 0 Å². The van der Waals surface area contributed by atoms with Gasteiger partial charge < -0.3 is 19.4 Å². The number of carbonyl (C=O) groups is 1. The second kappa shape index (κ2) is 9.67. The number of aromatic nitrogens is 2. The molecule has 0 radical (unpaired) electrons. The second-order valence-electron chi connectivity index (χ2n) is 7.00. The van der Waals surface area contributed by atoms with E-state index in [1.54, 1.807) is 7.11 Å². The highest BCUT2D eigenvalue weighted by atomic mass is 32.2. The van der Waals surface area contributed by atoms with Gasteiger partial charge in [-0.3, -0.25) is 4.79 Å². The Morgan fingerprint density at radius 2 is 1.87 bits per heavy atom. The number of ether oxygens (including phenoxy) is 1. The van der Waals surface area contributed by atoms with E-state index in [9.17, 15) is 4.79 Å². The number of hydrogen-bond donors (Lipinski definition) is 1. The predicted octanol–water partition coefficient (Wildman–Crippen LogP) is 4.47. The van der Waals surface area contributed by atoms with Crippen LogP contribution in [0.5, 0.6) is 5.75 Å². The van der Waals surface area contributed by atoms with Crippen LogP contribution < -0.4 is 15.0 Å². The number of hydrogen-bond acceptors (Lipinski definition) is 7. The average molecular weight is 425 g/mol. The summed E-state index contributed by atoms with van der Waals surface area (Å²) in [7, 11) is 1.62. The van der Waals surface area contributed by atoms with Crippen molar-refractivity contribution in [1.82, 2.24) is 10.2 Å². The van der Waals surface area contributed by atoms with Gasteiger partial charge in [0.1, 0.15) is 5.75 Å². The Balaban J connectivity index is 1.35. The van der Waals surface area contributed by atoms with E-state index in [0.717, 1.165) is 35.8 Å². The van der Waals surface area contributed by atoms with Crippen LogP contribution in [0.1, 0.15) is 19.3 Å². The first-order chi connectivity index (χ1) is 14.7. The van der Waals surface area contributed by atoms with Crippen LogP contribution in [0.15, 0.2) is 58.2 Å². The number of piperidine rings is 1. The minimum atomic E-state index is -0.103. The third-order valence-electron chi connectivity index (χ3n) is 4.95. The molecule has 0 atom stereocenters. The molecule has 30 heavy (non-hydrogen) atoms. The van der Waals surface area contributed by atoms with Crippen molar-refractivity contribution in [2.45, 2.75) is 24.5 Å². The van der Waals surface area contributed by atoms with E-state index in [1.807, 2.05) is 42.5 Å². The quantitative estimate of drug-likeness (QED) is 0.561. The summed E-state index contributed by atoms with van der Waals surface area (Å²) in [6.45, 7) is 2.05. The number of nitrogens with one attached hydrogen (secondary N) is 1. The molecule has 8 heteroatoms. The molecular weight excluding hydrogens is 400 g/mol. The van der Waals surface area contributed by atoms with Crippen LogP contribution in [0.25, 0.3) is 11.5 Å². The maximum absolute atomic E-state index is 12.5. The Morgan fingerprint density at radius 1 is 1.10 bits per heavy atom. The molecule has 1 fully saturated rings. The first-order valence-corrected chi connectivity index (χ1v) is 11.0. The largest absolute Gasteiger partial charge is 0.497 e. The number of amides is 1. The van der Waals surface area contributed by atoms with Crippen molar-refractivity contribution in [3.8, 4) is 17.2 Å². The Kier molecular flexibility index (Phi) is 6.53. The van der Waals surface area contributed by atoms with Gasteiger partial charge in [0.05, 0.1) is 24.2 Å².